The van der Waals surface area contributed by atoms with Gasteiger partial charge in [-0.3, -0.25) is 14.4 Å². The van der Waals surface area contributed by atoms with E-state index >= 15 is 0 Å². The molecule has 0 spiro atoms. The van der Waals surface area contributed by atoms with Gasteiger partial charge in [-0.05, 0) is 34.9 Å². The quantitative estimate of drug-likeness (QED) is 0.783. The third-order valence-electron chi connectivity index (χ3n) is 4.83. The number of carboxylic acids is 1. The van der Waals surface area contributed by atoms with Crippen molar-refractivity contribution in [2.45, 2.75) is 31.8 Å². The van der Waals surface area contributed by atoms with Gasteiger partial charge < -0.3 is 15.3 Å². The van der Waals surface area contributed by atoms with Crippen LogP contribution in [0.2, 0.25) is 0 Å². The third kappa shape index (κ3) is 4.87. The van der Waals surface area contributed by atoms with E-state index in [1.165, 1.54) is 36.1 Å². The Kier molecular flexibility index (Phi) is 6.07. The summed E-state index contributed by atoms with van der Waals surface area (Å²) < 4.78 is 13.2. The number of aliphatic carboxylic acids is 1. The van der Waals surface area contributed by atoms with E-state index < -0.39 is 29.8 Å². The highest BCUT2D eigenvalue weighted by molar-refractivity contribution is 5.82. The highest BCUT2D eigenvalue weighted by Crippen LogP contribution is 2.33. The predicted octanol–water partition coefficient (Wildman–Crippen LogP) is 3.42. The maximum atomic E-state index is 13.2. The van der Waals surface area contributed by atoms with Crippen LogP contribution in [-0.2, 0) is 14.4 Å². The van der Waals surface area contributed by atoms with Gasteiger partial charge in [-0.25, -0.2) is 4.39 Å². The van der Waals surface area contributed by atoms with Gasteiger partial charge >= 0.3 is 5.97 Å². The Morgan fingerprint density at radius 1 is 1.14 bits per heavy atom. The first-order valence-corrected chi connectivity index (χ1v) is 9.18. The molecule has 29 heavy (non-hydrogen) atoms. The zero-order chi connectivity index (χ0) is 21.0. The molecule has 2 atom stereocenters. The summed E-state index contributed by atoms with van der Waals surface area (Å²) in [7, 11) is 0. The van der Waals surface area contributed by atoms with Crippen LogP contribution in [0.5, 0.6) is 0 Å². The van der Waals surface area contributed by atoms with Crippen LogP contribution in [0.3, 0.4) is 0 Å². The van der Waals surface area contributed by atoms with Gasteiger partial charge in [0.25, 0.3) is 0 Å². The monoisotopic (exact) mass is 396 g/mol. The molecule has 0 aromatic heterocycles. The van der Waals surface area contributed by atoms with E-state index in [9.17, 15) is 23.9 Å². The molecule has 0 fully saturated rings. The number of nitrogens with one attached hydrogen (secondary N) is 1. The number of nitrogens with zero attached hydrogens (tertiary/aromatic N) is 1. The lowest BCUT2D eigenvalue weighted by molar-refractivity contribution is -0.137. The maximum Gasteiger partial charge on any atom is 0.305 e. The molecule has 6 nitrogen and oxygen atoms in total. The summed E-state index contributed by atoms with van der Waals surface area (Å²) in [5, 5.41) is 11.9. The van der Waals surface area contributed by atoms with E-state index in [4.69, 9.17) is 0 Å². The first-order valence-electron chi connectivity index (χ1n) is 9.18. The first-order chi connectivity index (χ1) is 13.8. The maximum absolute atomic E-state index is 13.2. The SMILES string of the molecule is CC(=O)N1C=Cc2ccccc2[C@@H]1CC(=O)N[C@H](CC(=O)O)c1ccc(F)cc1. The van der Waals surface area contributed by atoms with Crippen molar-refractivity contribution in [1.29, 1.82) is 0 Å². The molecule has 0 radical (unpaired) electrons. The van der Waals surface area contributed by atoms with E-state index in [0.717, 1.165) is 11.1 Å². The summed E-state index contributed by atoms with van der Waals surface area (Å²) in [6.45, 7) is 1.43. The van der Waals surface area contributed by atoms with E-state index in [2.05, 4.69) is 5.32 Å². The van der Waals surface area contributed by atoms with Crippen LogP contribution in [0, 0.1) is 5.82 Å². The van der Waals surface area contributed by atoms with Crippen molar-refractivity contribution in [3.8, 4) is 0 Å². The van der Waals surface area contributed by atoms with Crippen molar-refractivity contribution in [3.63, 3.8) is 0 Å². The van der Waals surface area contributed by atoms with Crippen LogP contribution in [0.15, 0.2) is 54.7 Å². The number of hydrogen-bond donors (Lipinski definition) is 2. The smallest absolute Gasteiger partial charge is 0.305 e. The summed E-state index contributed by atoms with van der Waals surface area (Å²) >= 11 is 0. The van der Waals surface area contributed by atoms with Crippen molar-refractivity contribution in [1.82, 2.24) is 10.2 Å². The summed E-state index contributed by atoms with van der Waals surface area (Å²) in [4.78, 5) is 37.6. The van der Waals surface area contributed by atoms with Crippen molar-refractivity contribution >= 4 is 23.9 Å². The lowest BCUT2D eigenvalue weighted by atomic mass is 9.93. The standard InChI is InChI=1S/C22H21FN2O4/c1-14(26)25-11-10-15-4-2-3-5-18(15)20(25)13-21(27)24-19(12-22(28)29)16-6-8-17(23)9-7-16/h2-11,19-20H,12-13H2,1H3,(H,24,27)(H,28,29)/t19-,20+/m1/s1. The van der Waals surface area contributed by atoms with Crippen LogP contribution in [0.4, 0.5) is 4.39 Å². The van der Waals surface area contributed by atoms with Crippen LogP contribution in [-0.4, -0.2) is 27.8 Å². The van der Waals surface area contributed by atoms with Gasteiger partial charge in [-0.2, -0.15) is 0 Å². The molecule has 2 amide bonds. The van der Waals surface area contributed by atoms with Gasteiger partial charge in [-0.1, -0.05) is 36.4 Å². The van der Waals surface area contributed by atoms with E-state index in [0.29, 0.717) is 5.56 Å². The van der Waals surface area contributed by atoms with Gasteiger partial charge in [0.05, 0.1) is 24.9 Å². The van der Waals surface area contributed by atoms with Crippen molar-refractivity contribution in [2.75, 3.05) is 0 Å². The number of carbonyl (C=O) groups excluding carboxylic acids is 2. The van der Waals surface area contributed by atoms with Crippen LogP contribution < -0.4 is 5.32 Å². The lowest BCUT2D eigenvalue weighted by Crippen LogP contribution is -2.37. The number of fused-ring (bicyclic) bond motifs is 1. The Balaban J connectivity index is 1.81. The molecule has 0 bridgehead atoms. The minimum atomic E-state index is -1.09. The number of hydrogen-bond acceptors (Lipinski definition) is 3. The van der Waals surface area contributed by atoms with Crippen molar-refractivity contribution < 1.29 is 23.9 Å². The largest absolute Gasteiger partial charge is 0.481 e. The second-order valence-corrected chi connectivity index (χ2v) is 6.86. The summed E-state index contributed by atoms with van der Waals surface area (Å²) in [6, 6.07) is 11.5. The zero-order valence-corrected chi connectivity index (χ0v) is 15.8. The molecule has 0 aliphatic carbocycles. The van der Waals surface area contributed by atoms with Gasteiger partial charge in [0.2, 0.25) is 11.8 Å². The molecule has 1 aliphatic heterocycles. The minimum absolute atomic E-state index is 0.0295. The third-order valence-corrected chi connectivity index (χ3v) is 4.83. The number of halogens is 1. The molecule has 2 aromatic rings. The number of benzene rings is 2. The Bertz CT molecular complexity index is 956. The van der Waals surface area contributed by atoms with Crippen LogP contribution >= 0.6 is 0 Å². The van der Waals surface area contributed by atoms with Gasteiger partial charge in [0, 0.05) is 13.1 Å². The molecule has 2 N–H and O–H groups in total. The molecule has 7 heteroatoms. The molecule has 150 valence electrons. The van der Waals surface area contributed by atoms with E-state index in [1.54, 1.807) is 6.20 Å². The molecule has 0 unspecified atom stereocenters. The predicted molar refractivity (Wildman–Crippen MR) is 105 cm³/mol. The van der Waals surface area contributed by atoms with E-state index in [-0.39, 0.29) is 18.7 Å². The van der Waals surface area contributed by atoms with E-state index in [1.807, 2.05) is 30.3 Å². The minimum Gasteiger partial charge on any atom is -0.481 e. The van der Waals surface area contributed by atoms with Gasteiger partial charge in [0.15, 0.2) is 0 Å². The summed E-state index contributed by atoms with van der Waals surface area (Å²) in [5.41, 5.74) is 2.26. The molecular formula is C22H21FN2O4. The number of carboxylic acid groups (broad SMARTS) is 1. The number of rotatable bonds is 6. The second-order valence-electron chi connectivity index (χ2n) is 6.86. The summed E-state index contributed by atoms with van der Waals surface area (Å²) in [6.07, 6.45) is 3.10. The average molecular weight is 396 g/mol. The summed E-state index contributed by atoms with van der Waals surface area (Å²) in [5.74, 6) is -2.14. The van der Waals surface area contributed by atoms with Gasteiger partial charge in [0.1, 0.15) is 5.82 Å². The van der Waals surface area contributed by atoms with Crippen LogP contribution in [0.25, 0.3) is 6.08 Å². The Hall–Kier alpha value is -3.48. The molecule has 2 aromatic carbocycles. The fourth-order valence-electron chi connectivity index (χ4n) is 3.46. The topological polar surface area (TPSA) is 86.7 Å². The Morgan fingerprint density at radius 3 is 2.48 bits per heavy atom. The molecule has 0 saturated carbocycles. The fraction of sp³-hybridized carbons (Fsp3) is 0.227. The second kappa shape index (κ2) is 8.68. The van der Waals surface area contributed by atoms with Crippen molar-refractivity contribution in [2.24, 2.45) is 0 Å². The lowest BCUT2D eigenvalue weighted by Gasteiger charge is -2.32. The zero-order valence-electron chi connectivity index (χ0n) is 15.8. The average Bonchev–Trinajstić information content (AvgIpc) is 2.67. The Morgan fingerprint density at radius 2 is 1.83 bits per heavy atom. The molecule has 1 aliphatic rings. The normalized spacial score (nSPS) is 16.1. The number of carbonyl (C=O) groups is 3. The molecular weight excluding hydrogens is 375 g/mol. The molecule has 0 saturated heterocycles. The van der Waals surface area contributed by atoms with Crippen LogP contribution in [0.1, 0.15) is 48.5 Å². The molecule has 3 rings (SSSR count). The Labute approximate surface area is 167 Å². The van der Waals surface area contributed by atoms with Gasteiger partial charge in [-0.15, -0.1) is 0 Å². The fourth-order valence-corrected chi connectivity index (χ4v) is 3.46. The van der Waals surface area contributed by atoms with Crippen molar-refractivity contribution in [3.05, 3.63) is 77.2 Å². The molecule has 1 heterocycles. The highest BCUT2D eigenvalue weighted by Gasteiger charge is 2.29. The first kappa shape index (κ1) is 20.3. The number of amides is 2. The highest BCUT2D eigenvalue weighted by atomic mass is 19.1.